The van der Waals surface area contributed by atoms with E-state index < -0.39 is 29.9 Å². The lowest BCUT2D eigenvalue weighted by molar-refractivity contribution is -0.192. The SMILES string of the molecule is COc1ccc(-n2nc(C(F)(F)F)c3c2C(=O)N(c2ccc(N(C)C(=O)CNC4CCC4)cc2)CC3)cc1.O=C(O)C(F)(F)F. The third-order valence-corrected chi connectivity index (χ3v) is 7.41. The van der Waals surface area contributed by atoms with Gasteiger partial charge in [0.1, 0.15) is 11.4 Å². The third kappa shape index (κ3) is 7.56. The number of rotatable bonds is 7. The van der Waals surface area contributed by atoms with Gasteiger partial charge in [-0.25, -0.2) is 9.48 Å². The third-order valence-electron chi connectivity index (χ3n) is 7.41. The predicted octanol–water partition coefficient (Wildman–Crippen LogP) is 4.84. The van der Waals surface area contributed by atoms with Crippen molar-refractivity contribution in [2.45, 2.75) is 44.1 Å². The van der Waals surface area contributed by atoms with Crippen molar-refractivity contribution in [1.82, 2.24) is 15.1 Å². The maximum atomic E-state index is 13.8. The summed E-state index contributed by atoms with van der Waals surface area (Å²) in [7, 11) is 3.17. The number of carbonyl (C=O) groups excluding carboxylic acids is 2. The number of anilines is 2. The lowest BCUT2D eigenvalue weighted by Crippen LogP contribution is -2.43. The van der Waals surface area contributed by atoms with E-state index in [-0.39, 0.29) is 36.7 Å². The fourth-order valence-corrected chi connectivity index (χ4v) is 4.71. The number of carboxylic acids is 1. The fourth-order valence-electron chi connectivity index (χ4n) is 4.71. The molecule has 1 aliphatic carbocycles. The molecule has 0 radical (unpaired) electrons. The predicted molar refractivity (Wildman–Crippen MR) is 150 cm³/mol. The molecular formula is C29H29F6N5O5. The summed E-state index contributed by atoms with van der Waals surface area (Å²) in [5.41, 5.74) is 0.208. The molecule has 2 heterocycles. The number of aliphatic carboxylic acids is 1. The summed E-state index contributed by atoms with van der Waals surface area (Å²) in [5, 5.41) is 14.2. The average molecular weight is 642 g/mol. The Morgan fingerprint density at radius 3 is 2.09 bits per heavy atom. The van der Waals surface area contributed by atoms with Crippen LogP contribution in [-0.4, -0.2) is 72.1 Å². The van der Waals surface area contributed by atoms with Crippen LogP contribution in [0.4, 0.5) is 37.7 Å². The highest BCUT2D eigenvalue weighted by atomic mass is 19.4. The zero-order valence-corrected chi connectivity index (χ0v) is 24.1. The molecule has 242 valence electrons. The minimum Gasteiger partial charge on any atom is -0.497 e. The van der Waals surface area contributed by atoms with E-state index >= 15 is 0 Å². The van der Waals surface area contributed by atoms with Crippen LogP contribution in [0, 0.1) is 0 Å². The van der Waals surface area contributed by atoms with E-state index in [4.69, 9.17) is 14.6 Å². The molecule has 1 fully saturated rings. The van der Waals surface area contributed by atoms with Crippen LogP contribution in [0.2, 0.25) is 0 Å². The van der Waals surface area contributed by atoms with Crippen LogP contribution in [0.25, 0.3) is 5.69 Å². The zero-order valence-electron chi connectivity index (χ0n) is 24.1. The molecule has 2 aliphatic rings. The topological polar surface area (TPSA) is 117 Å². The van der Waals surface area contributed by atoms with Crippen molar-refractivity contribution in [3.8, 4) is 11.4 Å². The van der Waals surface area contributed by atoms with Crippen molar-refractivity contribution in [1.29, 1.82) is 0 Å². The molecule has 0 atom stereocenters. The van der Waals surface area contributed by atoms with E-state index in [1.807, 2.05) is 0 Å². The van der Waals surface area contributed by atoms with Crippen molar-refractivity contribution in [3.63, 3.8) is 0 Å². The summed E-state index contributed by atoms with van der Waals surface area (Å²) in [6.45, 7) is 0.315. The standard InChI is InChI=1S/C27H28F3N5O3.C2HF3O2/c1-33(23(36)16-31-17-4-3-5-17)18-6-8-19(9-7-18)34-15-14-22-24(26(34)37)35(32-25(22)27(28,29)30)20-10-12-21(38-2)13-11-20;3-2(4,5)1(6)7/h6-13,17,31H,3-5,14-16H2,1-2H3;(H,6,7). The van der Waals surface area contributed by atoms with Gasteiger partial charge in [0.15, 0.2) is 5.69 Å². The van der Waals surface area contributed by atoms with Gasteiger partial charge in [-0.05, 0) is 67.8 Å². The Bertz CT molecular complexity index is 1530. The van der Waals surface area contributed by atoms with Crippen LogP contribution in [0.1, 0.15) is 41.0 Å². The molecule has 1 aliphatic heterocycles. The fraction of sp³-hybridized carbons (Fsp3) is 0.379. The molecule has 2 amide bonds. The Morgan fingerprint density at radius 2 is 1.60 bits per heavy atom. The monoisotopic (exact) mass is 641 g/mol. The van der Waals surface area contributed by atoms with E-state index in [9.17, 15) is 35.9 Å². The van der Waals surface area contributed by atoms with Crippen molar-refractivity contribution in [2.75, 3.05) is 37.0 Å². The Kier molecular flexibility index (Phi) is 9.75. The van der Waals surface area contributed by atoms with Crippen molar-refractivity contribution in [2.24, 2.45) is 0 Å². The van der Waals surface area contributed by atoms with Gasteiger partial charge in [0.2, 0.25) is 5.91 Å². The number of nitrogens with zero attached hydrogens (tertiary/aromatic N) is 4. The van der Waals surface area contributed by atoms with E-state index in [0.29, 0.717) is 28.9 Å². The first-order valence-corrected chi connectivity index (χ1v) is 13.7. The lowest BCUT2D eigenvalue weighted by Gasteiger charge is -2.29. The molecule has 45 heavy (non-hydrogen) atoms. The summed E-state index contributed by atoms with van der Waals surface area (Å²) in [4.78, 5) is 38.0. The van der Waals surface area contributed by atoms with E-state index in [2.05, 4.69) is 10.4 Å². The van der Waals surface area contributed by atoms with Gasteiger partial charge in [0.25, 0.3) is 5.91 Å². The first kappa shape index (κ1) is 33.3. The van der Waals surface area contributed by atoms with Crippen LogP contribution in [0.3, 0.4) is 0 Å². The number of likely N-dealkylation sites (N-methyl/N-ethyl adjacent to an activating group) is 1. The number of methoxy groups -OCH3 is 1. The second kappa shape index (κ2) is 13.2. The molecule has 2 aromatic carbocycles. The second-order valence-electron chi connectivity index (χ2n) is 10.3. The number of hydrogen-bond donors (Lipinski definition) is 2. The molecule has 0 bridgehead atoms. The highest BCUT2D eigenvalue weighted by Gasteiger charge is 2.43. The summed E-state index contributed by atoms with van der Waals surface area (Å²) in [6, 6.07) is 13.5. The van der Waals surface area contributed by atoms with Crippen molar-refractivity contribution >= 4 is 29.2 Å². The Hall–Kier alpha value is -4.60. The Labute approximate surface area is 253 Å². The Balaban J connectivity index is 0.000000591. The molecule has 16 heteroatoms. The van der Waals surface area contributed by atoms with E-state index in [0.717, 1.165) is 17.5 Å². The minimum absolute atomic E-state index is 0.000945. The quantitative estimate of drug-likeness (QED) is 0.355. The second-order valence-corrected chi connectivity index (χ2v) is 10.3. The number of ether oxygens (including phenoxy) is 1. The number of alkyl halides is 6. The smallest absolute Gasteiger partial charge is 0.490 e. The molecule has 5 rings (SSSR count). The summed E-state index contributed by atoms with van der Waals surface area (Å²) < 4.78 is 79.4. The number of halogens is 6. The van der Waals surface area contributed by atoms with Crippen LogP contribution in [0.15, 0.2) is 48.5 Å². The molecule has 0 unspecified atom stereocenters. The van der Waals surface area contributed by atoms with E-state index in [1.165, 1.54) is 18.4 Å². The summed E-state index contributed by atoms with van der Waals surface area (Å²) >= 11 is 0. The normalized spacial score (nSPS) is 15.0. The van der Waals surface area contributed by atoms with Crippen LogP contribution >= 0.6 is 0 Å². The molecule has 0 saturated heterocycles. The molecule has 3 aromatic rings. The van der Waals surface area contributed by atoms with Gasteiger partial charge >= 0.3 is 18.3 Å². The average Bonchev–Trinajstić information content (AvgIpc) is 3.37. The van der Waals surface area contributed by atoms with Gasteiger partial charge in [-0.3, -0.25) is 9.59 Å². The first-order valence-electron chi connectivity index (χ1n) is 13.7. The highest BCUT2D eigenvalue weighted by molar-refractivity contribution is 6.08. The molecule has 1 aromatic heterocycles. The number of fused-ring (bicyclic) bond motifs is 1. The number of aromatic nitrogens is 2. The van der Waals surface area contributed by atoms with Gasteiger partial charge < -0.3 is 25.0 Å². The number of benzene rings is 2. The summed E-state index contributed by atoms with van der Waals surface area (Å²) in [6.07, 6.45) is -6.44. The van der Waals surface area contributed by atoms with Crippen LogP contribution < -0.4 is 19.9 Å². The number of carboxylic acid groups (broad SMARTS) is 1. The molecular weight excluding hydrogens is 612 g/mol. The van der Waals surface area contributed by atoms with Gasteiger partial charge in [-0.15, -0.1) is 0 Å². The summed E-state index contributed by atoms with van der Waals surface area (Å²) in [5.74, 6) is -2.88. The van der Waals surface area contributed by atoms with E-state index in [1.54, 1.807) is 60.5 Å². The van der Waals surface area contributed by atoms with Crippen LogP contribution in [0.5, 0.6) is 5.75 Å². The molecule has 2 N–H and O–H groups in total. The molecule has 0 spiro atoms. The molecule has 1 saturated carbocycles. The first-order chi connectivity index (χ1) is 21.1. The highest BCUT2D eigenvalue weighted by Crippen LogP contribution is 2.37. The number of carbonyl (C=O) groups is 3. The van der Waals surface area contributed by atoms with Crippen molar-refractivity contribution < 1.29 is 50.6 Å². The minimum atomic E-state index is -5.08. The largest absolute Gasteiger partial charge is 0.497 e. The lowest BCUT2D eigenvalue weighted by atomic mass is 9.93. The van der Waals surface area contributed by atoms with Gasteiger partial charge in [-0.1, -0.05) is 6.42 Å². The Morgan fingerprint density at radius 1 is 1.02 bits per heavy atom. The number of nitrogens with one attached hydrogen (secondary N) is 1. The van der Waals surface area contributed by atoms with Gasteiger partial charge in [0, 0.05) is 36.6 Å². The van der Waals surface area contributed by atoms with Gasteiger partial charge in [0.05, 0.1) is 19.3 Å². The van der Waals surface area contributed by atoms with Crippen molar-refractivity contribution in [3.05, 3.63) is 65.5 Å². The van der Waals surface area contributed by atoms with Crippen LogP contribution in [-0.2, 0) is 22.2 Å². The number of hydrogen-bond acceptors (Lipinski definition) is 6. The maximum Gasteiger partial charge on any atom is 0.490 e. The maximum absolute atomic E-state index is 13.8. The number of amides is 2. The molecule has 10 nitrogen and oxygen atoms in total. The zero-order chi connectivity index (χ0) is 33.1. The van der Waals surface area contributed by atoms with Gasteiger partial charge in [-0.2, -0.15) is 31.4 Å².